The Morgan fingerprint density at radius 1 is 1.10 bits per heavy atom. The molecule has 2 aromatic carbocycles. The first-order valence-corrected chi connectivity index (χ1v) is 12.2. The second-order valence-electron chi connectivity index (χ2n) is 7.71. The van der Waals surface area contributed by atoms with Gasteiger partial charge in [0.25, 0.3) is 0 Å². The first kappa shape index (κ1) is 22.2. The van der Waals surface area contributed by atoms with E-state index in [9.17, 15) is 13.2 Å². The summed E-state index contributed by atoms with van der Waals surface area (Å²) in [6, 6.07) is 17.2. The Hall–Kier alpha value is -2.54. The molecule has 162 valence electrons. The number of carbonyl (C=O) groups excluding carboxylic acids is 1. The number of benzene rings is 2. The fourth-order valence-electron chi connectivity index (χ4n) is 3.85. The zero-order valence-electron chi connectivity index (χ0n) is 17.7. The number of anilines is 1. The topological polar surface area (TPSA) is 66.9 Å². The smallest absolute Gasteiger partial charge is 0.243 e. The van der Waals surface area contributed by atoms with Crippen molar-refractivity contribution in [1.29, 1.82) is 0 Å². The molecule has 0 bridgehead atoms. The minimum atomic E-state index is -3.60. The van der Waals surface area contributed by atoms with Crippen molar-refractivity contribution in [1.82, 2.24) is 4.90 Å². The largest absolute Gasteiger partial charge is 0.494 e. The summed E-state index contributed by atoms with van der Waals surface area (Å²) in [6.07, 6.45) is 4.00. The van der Waals surface area contributed by atoms with E-state index >= 15 is 0 Å². The monoisotopic (exact) mass is 430 g/mol. The summed E-state index contributed by atoms with van der Waals surface area (Å²) in [6.45, 7) is 3.47. The lowest BCUT2D eigenvalue weighted by molar-refractivity contribution is -0.130. The van der Waals surface area contributed by atoms with Crippen molar-refractivity contribution in [3.05, 3.63) is 60.2 Å². The van der Waals surface area contributed by atoms with E-state index in [1.807, 2.05) is 25.1 Å². The molecule has 6 nitrogen and oxygen atoms in total. The third-order valence-electron chi connectivity index (χ3n) is 5.43. The third kappa shape index (κ3) is 5.98. The van der Waals surface area contributed by atoms with Crippen LogP contribution in [0, 0.1) is 5.92 Å². The first-order valence-electron chi connectivity index (χ1n) is 10.4. The lowest BCUT2D eigenvalue weighted by atomic mass is 9.90. The molecular weight excluding hydrogens is 400 g/mol. The molecule has 7 heteroatoms. The summed E-state index contributed by atoms with van der Waals surface area (Å²) in [5, 5.41) is 0. The number of carbonyl (C=O) groups is 1. The van der Waals surface area contributed by atoms with Crippen LogP contribution in [-0.2, 0) is 21.2 Å². The minimum Gasteiger partial charge on any atom is -0.494 e. The lowest BCUT2D eigenvalue weighted by Crippen LogP contribution is -2.45. The summed E-state index contributed by atoms with van der Waals surface area (Å²) < 4.78 is 31.4. The van der Waals surface area contributed by atoms with Crippen molar-refractivity contribution in [3.63, 3.8) is 0 Å². The molecule has 0 spiro atoms. The number of hydrogen-bond donors (Lipinski definition) is 0. The number of amides is 1. The molecule has 3 rings (SSSR count). The maximum absolute atomic E-state index is 12.9. The number of likely N-dealkylation sites (tertiary alicyclic amines) is 1. The van der Waals surface area contributed by atoms with Gasteiger partial charge in [0.05, 0.1) is 18.6 Å². The van der Waals surface area contributed by atoms with Crippen LogP contribution in [0.15, 0.2) is 54.6 Å². The van der Waals surface area contributed by atoms with Crippen LogP contribution in [0.25, 0.3) is 0 Å². The Balaban J connectivity index is 1.62. The van der Waals surface area contributed by atoms with Crippen LogP contribution in [0.1, 0.15) is 25.3 Å². The zero-order chi connectivity index (χ0) is 21.6. The number of ether oxygens (including phenoxy) is 1. The number of nitrogens with zero attached hydrogens (tertiary/aromatic N) is 2. The second kappa shape index (κ2) is 9.98. The Bertz CT molecular complexity index is 939. The molecule has 0 aliphatic carbocycles. The summed E-state index contributed by atoms with van der Waals surface area (Å²) in [4.78, 5) is 14.7. The van der Waals surface area contributed by atoms with Gasteiger partial charge in [0, 0.05) is 19.2 Å². The molecule has 1 fully saturated rings. The SMILES string of the molecule is CCOc1cccc(N(CC(=O)N2CCC(Cc3ccccc3)CC2)S(C)(=O)=O)c1. The van der Waals surface area contributed by atoms with Gasteiger partial charge in [0.2, 0.25) is 15.9 Å². The Kier molecular flexibility index (Phi) is 7.37. The third-order valence-corrected chi connectivity index (χ3v) is 6.57. The summed E-state index contributed by atoms with van der Waals surface area (Å²) in [5.74, 6) is 0.962. The van der Waals surface area contributed by atoms with Crippen molar-refractivity contribution >= 4 is 21.6 Å². The van der Waals surface area contributed by atoms with Crippen molar-refractivity contribution in [2.45, 2.75) is 26.2 Å². The molecule has 2 aromatic rings. The molecule has 0 N–H and O–H groups in total. The highest BCUT2D eigenvalue weighted by Crippen LogP contribution is 2.25. The summed E-state index contributed by atoms with van der Waals surface area (Å²) in [7, 11) is -3.60. The standard InChI is InChI=1S/C23H30N2O4S/c1-3-29-22-11-7-10-21(17-22)25(30(2,27)28)18-23(26)24-14-12-20(13-15-24)16-19-8-5-4-6-9-19/h4-11,17,20H,3,12-16,18H2,1-2H3. The van der Waals surface area contributed by atoms with Gasteiger partial charge < -0.3 is 9.64 Å². The Morgan fingerprint density at radius 3 is 2.43 bits per heavy atom. The quantitative estimate of drug-likeness (QED) is 0.644. The van der Waals surface area contributed by atoms with Crippen molar-refractivity contribution < 1.29 is 17.9 Å². The van der Waals surface area contributed by atoms with E-state index < -0.39 is 10.0 Å². The summed E-state index contributed by atoms with van der Waals surface area (Å²) in [5.41, 5.74) is 1.76. The number of sulfonamides is 1. The van der Waals surface area contributed by atoms with Gasteiger partial charge in [-0.2, -0.15) is 0 Å². The van der Waals surface area contributed by atoms with Gasteiger partial charge in [-0.25, -0.2) is 8.42 Å². The first-order chi connectivity index (χ1) is 14.4. The minimum absolute atomic E-state index is 0.166. The van der Waals surface area contributed by atoms with Crippen LogP contribution in [0.4, 0.5) is 5.69 Å². The van der Waals surface area contributed by atoms with Gasteiger partial charge in [-0.05, 0) is 49.8 Å². The van der Waals surface area contributed by atoms with E-state index in [1.165, 1.54) is 5.56 Å². The molecule has 0 aromatic heterocycles. The molecule has 1 aliphatic heterocycles. The fraction of sp³-hybridized carbons (Fsp3) is 0.435. The number of piperidine rings is 1. The number of rotatable bonds is 8. The molecule has 0 unspecified atom stereocenters. The maximum atomic E-state index is 12.9. The van der Waals surface area contributed by atoms with Crippen LogP contribution in [0.5, 0.6) is 5.75 Å². The van der Waals surface area contributed by atoms with E-state index in [-0.39, 0.29) is 12.5 Å². The van der Waals surface area contributed by atoms with Gasteiger partial charge in [-0.1, -0.05) is 36.4 Å². The van der Waals surface area contributed by atoms with Gasteiger partial charge in [0.15, 0.2) is 0 Å². The van der Waals surface area contributed by atoms with Crippen LogP contribution in [-0.4, -0.2) is 51.7 Å². The zero-order valence-corrected chi connectivity index (χ0v) is 18.5. The average Bonchev–Trinajstić information content (AvgIpc) is 2.73. The lowest BCUT2D eigenvalue weighted by Gasteiger charge is -2.33. The average molecular weight is 431 g/mol. The second-order valence-corrected chi connectivity index (χ2v) is 9.62. The van der Waals surface area contributed by atoms with E-state index in [4.69, 9.17) is 4.74 Å². The van der Waals surface area contributed by atoms with Crippen molar-refractivity contribution in [2.24, 2.45) is 5.92 Å². The van der Waals surface area contributed by atoms with Gasteiger partial charge >= 0.3 is 0 Å². The highest BCUT2D eigenvalue weighted by atomic mass is 32.2. The molecule has 1 aliphatic rings. The van der Waals surface area contributed by atoms with E-state index in [0.717, 1.165) is 29.8 Å². The normalized spacial score (nSPS) is 15.1. The van der Waals surface area contributed by atoms with Gasteiger partial charge in [-0.3, -0.25) is 9.10 Å². The molecule has 0 radical (unpaired) electrons. The number of hydrogen-bond acceptors (Lipinski definition) is 4. The molecule has 1 amide bonds. The predicted octanol–water partition coefficient (Wildman–Crippen LogP) is 3.33. The Labute approximate surface area is 179 Å². The van der Waals surface area contributed by atoms with Crippen LogP contribution < -0.4 is 9.04 Å². The van der Waals surface area contributed by atoms with E-state index in [1.54, 1.807) is 29.2 Å². The van der Waals surface area contributed by atoms with Crippen molar-refractivity contribution in [2.75, 3.05) is 36.8 Å². The highest BCUT2D eigenvalue weighted by molar-refractivity contribution is 7.92. The fourth-order valence-corrected chi connectivity index (χ4v) is 4.69. The molecule has 0 atom stereocenters. The van der Waals surface area contributed by atoms with Crippen LogP contribution >= 0.6 is 0 Å². The predicted molar refractivity (Wildman–Crippen MR) is 119 cm³/mol. The Morgan fingerprint density at radius 2 is 1.80 bits per heavy atom. The van der Waals surface area contributed by atoms with Gasteiger partial charge in [0.1, 0.15) is 12.3 Å². The van der Waals surface area contributed by atoms with Gasteiger partial charge in [-0.15, -0.1) is 0 Å². The van der Waals surface area contributed by atoms with E-state index in [2.05, 4.69) is 12.1 Å². The molecular formula is C23H30N2O4S. The molecule has 1 heterocycles. The molecule has 30 heavy (non-hydrogen) atoms. The molecule has 1 saturated heterocycles. The molecule has 0 saturated carbocycles. The summed E-state index contributed by atoms with van der Waals surface area (Å²) >= 11 is 0. The van der Waals surface area contributed by atoms with Crippen LogP contribution in [0.3, 0.4) is 0 Å². The maximum Gasteiger partial charge on any atom is 0.243 e. The van der Waals surface area contributed by atoms with Crippen LogP contribution in [0.2, 0.25) is 0 Å². The van der Waals surface area contributed by atoms with E-state index in [0.29, 0.717) is 37.1 Å². The highest BCUT2D eigenvalue weighted by Gasteiger charge is 2.27. The van der Waals surface area contributed by atoms with Crippen molar-refractivity contribution in [3.8, 4) is 5.75 Å².